The van der Waals surface area contributed by atoms with E-state index in [-0.39, 0.29) is 0 Å². The summed E-state index contributed by atoms with van der Waals surface area (Å²) >= 11 is 0. The van der Waals surface area contributed by atoms with Gasteiger partial charge < -0.3 is 10.1 Å². The van der Waals surface area contributed by atoms with Crippen molar-refractivity contribution in [3.8, 4) is 11.1 Å². The molecule has 1 unspecified atom stereocenters. The molecule has 5 nitrogen and oxygen atoms in total. The predicted octanol–water partition coefficient (Wildman–Crippen LogP) is 4.36. The minimum Gasteiger partial charge on any atom is -0.474 e. The smallest absolute Gasteiger partial charge is 0.395 e. The Balaban J connectivity index is 1.85. The largest absolute Gasteiger partial charge is 0.474 e. The SMILES string of the molecule is O=C(O)C(=O)N1c2ccccc2-c2ccccc2C1c1c[nH]c2ccccc12. The molecule has 5 heteroatoms. The molecule has 0 spiro atoms. The van der Waals surface area contributed by atoms with Crippen LogP contribution in [-0.4, -0.2) is 22.0 Å². The molecule has 1 aliphatic heterocycles. The molecule has 2 N–H and O–H groups in total. The molecule has 0 radical (unpaired) electrons. The van der Waals surface area contributed by atoms with Crippen molar-refractivity contribution in [1.82, 2.24) is 4.98 Å². The summed E-state index contributed by atoms with van der Waals surface area (Å²) in [7, 11) is 0. The van der Waals surface area contributed by atoms with Crippen LogP contribution in [0.4, 0.5) is 5.69 Å². The molecule has 3 aromatic carbocycles. The fraction of sp³-hybridized carbons (Fsp3) is 0.0435. The second kappa shape index (κ2) is 6.09. The number of nitrogens with one attached hydrogen (secondary N) is 1. The van der Waals surface area contributed by atoms with Crippen molar-refractivity contribution < 1.29 is 14.7 Å². The van der Waals surface area contributed by atoms with E-state index in [0.717, 1.165) is 33.2 Å². The third-order valence-electron chi connectivity index (χ3n) is 5.28. The third kappa shape index (κ3) is 2.26. The van der Waals surface area contributed by atoms with Gasteiger partial charge in [-0.3, -0.25) is 9.69 Å². The normalized spacial score (nSPS) is 15.1. The Morgan fingerprint density at radius 2 is 1.50 bits per heavy atom. The number of carboxylic acids is 1. The lowest BCUT2D eigenvalue weighted by atomic mass is 9.84. The van der Waals surface area contributed by atoms with Crippen LogP contribution in [0.3, 0.4) is 0 Å². The Labute approximate surface area is 160 Å². The average molecular weight is 368 g/mol. The van der Waals surface area contributed by atoms with Crippen molar-refractivity contribution in [2.75, 3.05) is 4.90 Å². The molecule has 0 saturated carbocycles. The quantitative estimate of drug-likeness (QED) is 0.491. The van der Waals surface area contributed by atoms with Crippen LogP contribution in [0.5, 0.6) is 0 Å². The number of carbonyl (C=O) groups excluding carboxylic acids is 1. The maximum Gasteiger partial charge on any atom is 0.395 e. The van der Waals surface area contributed by atoms with Crippen LogP contribution in [0.1, 0.15) is 17.2 Å². The van der Waals surface area contributed by atoms with E-state index >= 15 is 0 Å². The molecule has 0 bridgehead atoms. The minimum atomic E-state index is -1.47. The summed E-state index contributed by atoms with van der Waals surface area (Å²) in [4.78, 5) is 29.2. The molecule has 5 rings (SSSR count). The minimum absolute atomic E-state index is 0.536. The number of fused-ring (bicyclic) bond motifs is 4. The van der Waals surface area contributed by atoms with Crippen LogP contribution in [0, 0.1) is 0 Å². The number of benzene rings is 3. The van der Waals surface area contributed by atoms with Gasteiger partial charge >= 0.3 is 11.9 Å². The molecule has 2 heterocycles. The zero-order chi connectivity index (χ0) is 19.3. The number of nitrogens with zero attached hydrogens (tertiary/aromatic N) is 1. The highest BCUT2D eigenvalue weighted by atomic mass is 16.4. The number of carbonyl (C=O) groups is 2. The molecule has 0 fully saturated rings. The molecule has 0 aliphatic carbocycles. The lowest BCUT2D eigenvalue weighted by molar-refractivity contribution is -0.149. The first kappa shape index (κ1) is 16.3. The van der Waals surface area contributed by atoms with Gasteiger partial charge in [0.1, 0.15) is 0 Å². The number of hydrogen-bond acceptors (Lipinski definition) is 2. The van der Waals surface area contributed by atoms with Gasteiger partial charge in [-0.1, -0.05) is 60.7 Å². The Morgan fingerprint density at radius 3 is 2.32 bits per heavy atom. The number of rotatable bonds is 1. The molecule has 136 valence electrons. The summed E-state index contributed by atoms with van der Waals surface area (Å²) in [6, 6.07) is 22.6. The first-order valence-electron chi connectivity index (χ1n) is 8.97. The number of H-pyrrole nitrogens is 1. The van der Waals surface area contributed by atoms with Crippen molar-refractivity contribution in [3.63, 3.8) is 0 Å². The van der Waals surface area contributed by atoms with Gasteiger partial charge in [0.15, 0.2) is 0 Å². The predicted molar refractivity (Wildman–Crippen MR) is 107 cm³/mol. The number of aliphatic carboxylic acids is 1. The van der Waals surface area contributed by atoms with Crippen LogP contribution in [0.15, 0.2) is 79.0 Å². The van der Waals surface area contributed by atoms with Gasteiger partial charge in [0, 0.05) is 28.2 Å². The highest BCUT2D eigenvalue weighted by Crippen LogP contribution is 2.48. The van der Waals surface area contributed by atoms with Crippen molar-refractivity contribution in [2.45, 2.75) is 6.04 Å². The molecule has 1 aliphatic rings. The summed E-state index contributed by atoms with van der Waals surface area (Å²) in [5.74, 6) is -2.42. The maximum atomic E-state index is 12.8. The number of para-hydroxylation sites is 2. The number of amides is 1. The van der Waals surface area contributed by atoms with E-state index in [4.69, 9.17) is 0 Å². The lowest BCUT2D eigenvalue weighted by Crippen LogP contribution is -2.42. The van der Waals surface area contributed by atoms with E-state index in [1.165, 1.54) is 4.90 Å². The molecule has 1 aromatic heterocycles. The standard InChI is InChI=1S/C23H16N2O3/c26-22(23(27)28)25-20-12-6-4-9-16(20)14-7-1-2-10-17(14)21(25)18-13-24-19-11-5-3-8-15(18)19/h1-13,21,24H,(H,27,28). The number of aromatic amines is 1. The van der Waals surface area contributed by atoms with E-state index < -0.39 is 17.9 Å². The van der Waals surface area contributed by atoms with Crippen molar-refractivity contribution in [3.05, 3.63) is 90.1 Å². The average Bonchev–Trinajstić information content (AvgIpc) is 3.16. The molecular weight excluding hydrogens is 352 g/mol. The summed E-state index contributed by atoms with van der Waals surface area (Å²) in [6.45, 7) is 0. The van der Waals surface area contributed by atoms with Crippen LogP contribution < -0.4 is 4.90 Å². The van der Waals surface area contributed by atoms with Gasteiger partial charge in [-0.25, -0.2) is 4.79 Å². The second-order valence-electron chi connectivity index (χ2n) is 6.78. The summed E-state index contributed by atoms with van der Waals surface area (Å²) in [5, 5.41) is 10.5. The summed E-state index contributed by atoms with van der Waals surface area (Å²) in [5.41, 5.74) is 5.17. The molecule has 1 atom stereocenters. The third-order valence-corrected chi connectivity index (χ3v) is 5.28. The van der Waals surface area contributed by atoms with Crippen molar-refractivity contribution in [1.29, 1.82) is 0 Å². The second-order valence-corrected chi connectivity index (χ2v) is 6.78. The monoisotopic (exact) mass is 368 g/mol. The first-order valence-corrected chi connectivity index (χ1v) is 8.97. The van der Waals surface area contributed by atoms with E-state index in [0.29, 0.717) is 5.69 Å². The lowest BCUT2D eigenvalue weighted by Gasteiger charge is -2.37. The van der Waals surface area contributed by atoms with Gasteiger partial charge in [-0.15, -0.1) is 0 Å². The Hall–Kier alpha value is -3.86. The maximum absolute atomic E-state index is 12.8. The highest BCUT2D eigenvalue weighted by Gasteiger charge is 2.39. The van der Waals surface area contributed by atoms with Crippen LogP contribution in [0.25, 0.3) is 22.0 Å². The summed E-state index contributed by atoms with van der Waals surface area (Å²) in [6.07, 6.45) is 1.86. The fourth-order valence-electron chi connectivity index (χ4n) is 4.13. The topological polar surface area (TPSA) is 73.4 Å². The van der Waals surface area contributed by atoms with Crippen LogP contribution in [0.2, 0.25) is 0 Å². The molecule has 0 saturated heterocycles. The summed E-state index contributed by atoms with van der Waals surface area (Å²) < 4.78 is 0. The van der Waals surface area contributed by atoms with Crippen molar-refractivity contribution >= 4 is 28.5 Å². The Morgan fingerprint density at radius 1 is 0.821 bits per heavy atom. The van der Waals surface area contributed by atoms with E-state index in [1.807, 2.05) is 72.9 Å². The van der Waals surface area contributed by atoms with Crippen LogP contribution >= 0.6 is 0 Å². The first-order chi connectivity index (χ1) is 13.7. The number of aromatic nitrogens is 1. The van der Waals surface area contributed by atoms with E-state index in [9.17, 15) is 14.7 Å². The van der Waals surface area contributed by atoms with Crippen molar-refractivity contribution in [2.24, 2.45) is 0 Å². The Bertz CT molecular complexity index is 1240. The zero-order valence-corrected chi connectivity index (χ0v) is 14.8. The molecule has 4 aromatic rings. The van der Waals surface area contributed by atoms with E-state index in [2.05, 4.69) is 4.98 Å². The molecule has 1 amide bonds. The Kier molecular flexibility index (Phi) is 3.55. The van der Waals surface area contributed by atoms with Gasteiger partial charge in [-0.05, 0) is 23.3 Å². The van der Waals surface area contributed by atoms with Gasteiger partial charge in [0.25, 0.3) is 0 Å². The highest BCUT2D eigenvalue weighted by molar-refractivity contribution is 6.38. The van der Waals surface area contributed by atoms with Gasteiger partial charge in [0.2, 0.25) is 0 Å². The number of hydrogen-bond donors (Lipinski definition) is 2. The number of carboxylic acid groups (broad SMARTS) is 1. The van der Waals surface area contributed by atoms with E-state index in [1.54, 1.807) is 6.07 Å². The van der Waals surface area contributed by atoms with Gasteiger partial charge in [0.05, 0.1) is 11.7 Å². The number of anilines is 1. The zero-order valence-electron chi connectivity index (χ0n) is 14.8. The van der Waals surface area contributed by atoms with Gasteiger partial charge in [-0.2, -0.15) is 0 Å². The fourth-order valence-corrected chi connectivity index (χ4v) is 4.13. The molecular formula is C23H16N2O3. The van der Waals surface area contributed by atoms with Crippen LogP contribution in [-0.2, 0) is 9.59 Å². The molecule has 28 heavy (non-hydrogen) atoms.